The molecule has 3 N–H and O–H groups in total. The molecule has 0 aromatic heterocycles. The summed E-state index contributed by atoms with van der Waals surface area (Å²) in [5.41, 5.74) is 5.43. The number of hydrogen-bond acceptors (Lipinski definition) is 4. The third-order valence-corrected chi connectivity index (χ3v) is 4.23. The van der Waals surface area contributed by atoms with Crippen molar-refractivity contribution in [3.63, 3.8) is 0 Å². The normalized spacial score (nSPS) is 18.5. The van der Waals surface area contributed by atoms with Gasteiger partial charge in [-0.25, -0.2) is 0 Å². The first-order chi connectivity index (χ1) is 7.56. The Morgan fingerprint density at radius 1 is 1.50 bits per heavy atom. The fourth-order valence-electron chi connectivity index (χ4n) is 1.49. The summed E-state index contributed by atoms with van der Waals surface area (Å²) in [4.78, 5) is 0. The van der Waals surface area contributed by atoms with Crippen LogP contribution >= 0.6 is 11.8 Å². The summed E-state index contributed by atoms with van der Waals surface area (Å²) in [5.74, 6) is 1.51. The molecule has 0 unspecified atom stereocenters. The molecule has 0 aromatic rings. The zero-order valence-electron chi connectivity index (χ0n) is 10.1. The average molecular weight is 246 g/mol. The minimum Gasteiger partial charge on any atom is -0.409 e. The van der Waals surface area contributed by atoms with E-state index in [-0.39, 0.29) is 5.41 Å². The van der Waals surface area contributed by atoms with Gasteiger partial charge in [-0.15, -0.1) is 0 Å². The number of hydrogen-bond donors (Lipinski definition) is 2. The van der Waals surface area contributed by atoms with E-state index in [0.717, 1.165) is 31.3 Å². The fraction of sp³-hybridized carbons (Fsp3) is 0.909. The molecule has 0 amide bonds. The number of nitrogens with two attached hydrogens (primary N) is 1. The molecule has 1 fully saturated rings. The molecule has 94 valence electrons. The van der Waals surface area contributed by atoms with Crippen LogP contribution in [0.3, 0.4) is 0 Å². The van der Waals surface area contributed by atoms with Crippen LogP contribution in [0.2, 0.25) is 0 Å². The zero-order chi connectivity index (χ0) is 12.0. The predicted octanol–water partition coefficient (Wildman–Crippen LogP) is 2.06. The van der Waals surface area contributed by atoms with Gasteiger partial charge < -0.3 is 15.7 Å². The van der Waals surface area contributed by atoms with Crippen LogP contribution in [-0.4, -0.2) is 35.3 Å². The van der Waals surface area contributed by atoms with Crippen molar-refractivity contribution in [2.45, 2.75) is 38.4 Å². The fourth-order valence-corrected chi connectivity index (χ4v) is 2.58. The Hall–Kier alpha value is -0.420. The van der Waals surface area contributed by atoms with Crippen molar-refractivity contribution in [3.8, 4) is 0 Å². The predicted molar refractivity (Wildman–Crippen MR) is 68.1 cm³/mol. The highest BCUT2D eigenvalue weighted by atomic mass is 32.2. The minimum absolute atomic E-state index is 0.195. The number of nitrogens with zero attached hydrogens (tertiary/aromatic N) is 1. The Labute approximate surface area is 102 Å². The Balaban J connectivity index is 2.05. The van der Waals surface area contributed by atoms with Gasteiger partial charge in [0.1, 0.15) is 5.84 Å². The molecule has 0 radical (unpaired) electrons. The molecule has 0 bridgehead atoms. The van der Waals surface area contributed by atoms with E-state index < -0.39 is 0 Å². The summed E-state index contributed by atoms with van der Waals surface area (Å²) < 4.78 is 5.11. The third kappa shape index (κ3) is 4.22. The molecule has 1 rings (SSSR count). The molecule has 1 aliphatic heterocycles. The maximum Gasteiger partial charge on any atom is 0.144 e. The quantitative estimate of drug-likeness (QED) is 0.237. The lowest BCUT2D eigenvalue weighted by molar-refractivity contribution is 0.0455. The monoisotopic (exact) mass is 246 g/mol. The molecule has 1 saturated heterocycles. The smallest absolute Gasteiger partial charge is 0.144 e. The van der Waals surface area contributed by atoms with E-state index in [1.165, 1.54) is 12.2 Å². The number of unbranched alkanes of at least 4 members (excludes halogenated alkanes) is 1. The lowest BCUT2D eigenvalue weighted by Gasteiger charge is -2.25. The number of oxime groups is 1. The minimum atomic E-state index is -0.195. The van der Waals surface area contributed by atoms with Gasteiger partial charge in [-0.1, -0.05) is 25.4 Å². The van der Waals surface area contributed by atoms with Crippen LogP contribution in [0.15, 0.2) is 5.16 Å². The van der Waals surface area contributed by atoms with Gasteiger partial charge in [0.15, 0.2) is 0 Å². The second-order valence-corrected chi connectivity index (χ2v) is 6.26. The van der Waals surface area contributed by atoms with Gasteiger partial charge >= 0.3 is 0 Å². The molecular formula is C11H22N2O2S. The van der Waals surface area contributed by atoms with Crippen molar-refractivity contribution in [1.29, 1.82) is 0 Å². The summed E-state index contributed by atoms with van der Waals surface area (Å²) >= 11 is 1.99. The van der Waals surface area contributed by atoms with Gasteiger partial charge in [0.05, 0.1) is 18.5 Å². The third-order valence-electron chi connectivity index (χ3n) is 2.96. The van der Waals surface area contributed by atoms with E-state index in [4.69, 9.17) is 15.7 Å². The second-order valence-electron chi connectivity index (χ2n) is 4.86. The summed E-state index contributed by atoms with van der Waals surface area (Å²) in [6.07, 6.45) is 3.26. The van der Waals surface area contributed by atoms with E-state index >= 15 is 0 Å². The maximum absolute atomic E-state index is 8.63. The molecular weight excluding hydrogens is 224 g/mol. The zero-order valence-corrected chi connectivity index (χ0v) is 10.9. The average Bonchev–Trinajstić information content (AvgIpc) is 2.19. The van der Waals surface area contributed by atoms with Crippen molar-refractivity contribution >= 4 is 17.6 Å². The van der Waals surface area contributed by atoms with Crippen molar-refractivity contribution in [3.05, 3.63) is 0 Å². The highest BCUT2D eigenvalue weighted by Gasteiger charge is 2.23. The highest BCUT2D eigenvalue weighted by molar-refractivity contribution is 8.00. The van der Waals surface area contributed by atoms with Crippen LogP contribution in [0.4, 0.5) is 0 Å². The van der Waals surface area contributed by atoms with Gasteiger partial charge in [-0.3, -0.25) is 0 Å². The van der Waals surface area contributed by atoms with E-state index in [2.05, 4.69) is 5.16 Å². The Morgan fingerprint density at radius 2 is 2.19 bits per heavy atom. The molecule has 4 nitrogen and oxygen atoms in total. The van der Waals surface area contributed by atoms with E-state index in [0.29, 0.717) is 5.84 Å². The topological polar surface area (TPSA) is 67.8 Å². The molecule has 16 heavy (non-hydrogen) atoms. The number of rotatable bonds is 7. The van der Waals surface area contributed by atoms with Crippen molar-refractivity contribution in [1.82, 2.24) is 0 Å². The molecule has 5 heteroatoms. The second kappa shape index (κ2) is 6.35. The maximum atomic E-state index is 8.63. The first-order valence-electron chi connectivity index (χ1n) is 5.73. The molecule has 0 saturated carbocycles. The van der Waals surface area contributed by atoms with Crippen LogP contribution in [0, 0.1) is 5.41 Å². The molecule has 1 heterocycles. The van der Waals surface area contributed by atoms with Crippen LogP contribution in [0.1, 0.15) is 33.1 Å². The van der Waals surface area contributed by atoms with Crippen molar-refractivity contribution in [2.75, 3.05) is 19.0 Å². The van der Waals surface area contributed by atoms with Crippen LogP contribution < -0.4 is 5.73 Å². The summed E-state index contributed by atoms with van der Waals surface area (Å²) in [7, 11) is 0. The lowest BCUT2D eigenvalue weighted by Crippen LogP contribution is -2.32. The van der Waals surface area contributed by atoms with Gasteiger partial charge in [-0.2, -0.15) is 11.8 Å². The standard InChI is InChI=1S/C11H22N2O2S/c1-11(2,10(12)13-14)5-3-4-6-16-9-7-15-8-9/h9,14H,3-8H2,1-2H3,(H2,12,13). The first kappa shape index (κ1) is 13.6. The van der Waals surface area contributed by atoms with Crippen molar-refractivity contribution < 1.29 is 9.94 Å². The SMILES string of the molecule is CC(C)(CCCCSC1COC1)C(N)=NO. The van der Waals surface area contributed by atoms with Crippen LogP contribution in [0.5, 0.6) is 0 Å². The summed E-state index contributed by atoms with van der Waals surface area (Å²) in [5, 5.41) is 12.4. The molecule has 1 aliphatic rings. The van der Waals surface area contributed by atoms with Gasteiger partial charge in [-0.05, 0) is 18.6 Å². The van der Waals surface area contributed by atoms with E-state index in [1.807, 2.05) is 25.6 Å². The lowest BCUT2D eigenvalue weighted by atomic mass is 9.86. The van der Waals surface area contributed by atoms with Crippen LogP contribution in [-0.2, 0) is 4.74 Å². The Morgan fingerprint density at radius 3 is 2.69 bits per heavy atom. The van der Waals surface area contributed by atoms with E-state index in [1.54, 1.807) is 0 Å². The summed E-state index contributed by atoms with van der Waals surface area (Å²) in [6, 6.07) is 0. The number of amidine groups is 1. The Bertz CT molecular complexity index is 240. The largest absolute Gasteiger partial charge is 0.409 e. The first-order valence-corrected chi connectivity index (χ1v) is 6.78. The van der Waals surface area contributed by atoms with Gasteiger partial charge in [0.2, 0.25) is 0 Å². The van der Waals surface area contributed by atoms with E-state index in [9.17, 15) is 0 Å². The van der Waals surface area contributed by atoms with Gasteiger partial charge in [0, 0.05) is 5.41 Å². The number of thioether (sulfide) groups is 1. The van der Waals surface area contributed by atoms with Gasteiger partial charge in [0.25, 0.3) is 0 Å². The highest BCUT2D eigenvalue weighted by Crippen LogP contribution is 2.25. The molecule has 0 spiro atoms. The van der Waals surface area contributed by atoms with Crippen molar-refractivity contribution in [2.24, 2.45) is 16.3 Å². The molecule has 0 aliphatic carbocycles. The molecule has 0 aromatic carbocycles. The molecule has 0 atom stereocenters. The summed E-state index contributed by atoms with van der Waals surface area (Å²) in [6.45, 7) is 5.85. The van der Waals surface area contributed by atoms with Crippen LogP contribution in [0.25, 0.3) is 0 Å². The Kier molecular flexibility index (Phi) is 5.41. The number of ether oxygens (including phenoxy) is 1.